The van der Waals surface area contributed by atoms with Gasteiger partial charge in [-0.25, -0.2) is 14.6 Å². The Morgan fingerprint density at radius 3 is 2.48 bits per heavy atom. The Hall–Kier alpha value is -3.60. The molecule has 0 saturated heterocycles. The monoisotopic (exact) mass is 588 g/mol. The molecule has 1 aliphatic rings. The average molecular weight is 589 g/mol. The van der Waals surface area contributed by atoms with Crippen molar-refractivity contribution in [1.82, 2.24) is 25.1 Å². The summed E-state index contributed by atoms with van der Waals surface area (Å²) in [6.07, 6.45) is 2.68. The number of nitrogens with two attached hydrogens (primary N) is 2. The number of ether oxygens (including phenoxy) is 5. The Balaban J connectivity index is 1.10. The van der Waals surface area contributed by atoms with Gasteiger partial charge in [0.05, 0.1) is 70.5 Å². The van der Waals surface area contributed by atoms with E-state index in [0.29, 0.717) is 94.2 Å². The first-order valence-electron chi connectivity index (χ1n) is 14.1. The van der Waals surface area contributed by atoms with Gasteiger partial charge in [0.15, 0.2) is 5.65 Å². The number of carbonyl (C=O) groups is 1. The van der Waals surface area contributed by atoms with Gasteiger partial charge in [0.25, 0.3) is 0 Å². The number of amides is 1. The number of aliphatic hydroxyl groups is 1. The van der Waals surface area contributed by atoms with Gasteiger partial charge in [-0.15, -0.1) is 0 Å². The second-order valence-electron chi connectivity index (χ2n) is 9.40. The third kappa shape index (κ3) is 9.20. The predicted molar refractivity (Wildman–Crippen MR) is 155 cm³/mol. The second-order valence-corrected chi connectivity index (χ2v) is 9.40. The van der Waals surface area contributed by atoms with Gasteiger partial charge in [-0.1, -0.05) is 0 Å². The summed E-state index contributed by atoms with van der Waals surface area (Å²) < 4.78 is 28.6. The predicted octanol–water partition coefficient (Wildman–Crippen LogP) is 0.467. The van der Waals surface area contributed by atoms with E-state index in [1.54, 1.807) is 0 Å². The molecule has 15 heteroatoms. The van der Waals surface area contributed by atoms with E-state index in [0.717, 1.165) is 24.1 Å². The Labute approximate surface area is 243 Å². The topological polar surface area (TPSA) is 203 Å². The van der Waals surface area contributed by atoms with Crippen molar-refractivity contribution < 1.29 is 33.6 Å². The minimum Gasteiger partial charge on any atom is -0.456 e. The number of carbonyl (C=O) groups excluding carboxylic acids is 1. The van der Waals surface area contributed by atoms with Crippen LogP contribution in [0.25, 0.3) is 22.3 Å². The molecular weight excluding hydrogens is 548 g/mol. The summed E-state index contributed by atoms with van der Waals surface area (Å²) in [4.78, 5) is 20.7. The molecule has 0 aliphatic carbocycles. The van der Waals surface area contributed by atoms with Crippen LogP contribution in [0.1, 0.15) is 19.3 Å². The van der Waals surface area contributed by atoms with E-state index in [1.165, 1.54) is 6.33 Å². The van der Waals surface area contributed by atoms with Crippen LogP contribution >= 0.6 is 0 Å². The maximum Gasteiger partial charge on any atom is 0.225 e. The van der Waals surface area contributed by atoms with Crippen LogP contribution in [-0.2, 0) is 30.3 Å². The van der Waals surface area contributed by atoms with Gasteiger partial charge >= 0.3 is 0 Å². The van der Waals surface area contributed by atoms with E-state index in [2.05, 4.69) is 20.6 Å². The molecule has 230 valence electrons. The average Bonchev–Trinajstić information content (AvgIpc) is 3.55. The lowest BCUT2D eigenvalue weighted by molar-refractivity contribution is -0.122. The molecule has 1 atom stereocenters. The van der Waals surface area contributed by atoms with Crippen molar-refractivity contribution in [2.75, 3.05) is 77.1 Å². The molecule has 1 amide bonds. The number of fused-ring (bicyclic) bond motifs is 2. The molecule has 1 aromatic carbocycles. The first kappa shape index (κ1) is 31.3. The van der Waals surface area contributed by atoms with E-state index < -0.39 is 6.35 Å². The highest BCUT2D eigenvalue weighted by Gasteiger charge is 2.22. The third-order valence-electron chi connectivity index (χ3n) is 6.31. The number of unbranched alkanes of at least 4 members (excludes halogenated alkanes) is 1. The van der Waals surface area contributed by atoms with Gasteiger partial charge in [-0.2, -0.15) is 5.10 Å². The normalized spacial score (nSPS) is 14.1. The summed E-state index contributed by atoms with van der Waals surface area (Å²) in [5, 5.41) is 20.1. The molecule has 2 aromatic heterocycles. The number of aromatic nitrogens is 4. The minimum atomic E-state index is -0.586. The molecule has 3 heterocycles. The van der Waals surface area contributed by atoms with Crippen molar-refractivity contribution in [3.63, 3.8) is 0 Å². The Morgan fingerprint density at radius 1 is 1.02 bits per heavy atom. The van der Waals surface area contributed by atoms with Crippen LogP contribution in [0.3, 0.4) is 0 Å². The van der Waals surface area contributed by atoms with Crippen LogP contribution in [-0.4, -0.2) is 103 Å². The van der Waals surface area contributed by atoms with Crippen molar-refractivity contribution in [2.45, 2.75) is 32.2 Å². The summed E-state index contributed by atoms with van der Waals surface area (Å²) in [5.74, 6) is 0.973. The van der Waals surface area contributed by atoms with Crippen LogP contribution in [0.2, 0.25) is 0 Å². The number of hydrogen-bond donors (Lipinski definition) is 5. The van der Waals surface area contributed by atoms with E-state index >= 15 is 0 Å². The highest BCUT2D eigenvalue weighted by atomic mass is 16.6. The molecule has 0 spiro atoms. The summed E-state index contributed by atoms with van der Waals surface area (Å²) in [6, 6.07) is 5.67. The van der Waals surface area contributed by atoms with Crippen LogP contribution < -0.4 is 26.8 Å². The fourth-order valence-corrected chi connectivity index (χ4v) is 4.29. The number of nitrogen functional groups attached to an aromatic ring is 1. The zero-order valence-electron chi connectivity index (χ0n) is 23.6. The van der Waals surface area contributed by atoms with Crippen molar-refractivity contribution in [3.8, 4) is 17.0 Å². The van der Waals surface area contributed by atoms with Gasteiger partial charge in [0.2, 0.25) is 12.3 Å². The first-order chi connectivity index (χ1) is 20.6. The number of nitrogens with zero attached hydrogens (tertiary/aromatic N) is 4. The van der Waals surface area contributed by atoms with Crippen molar-refractivity contribution in [3.05, 3.63) is 24.5 Å². The molecule has 4 rings (SSSR count). The van der Waals surface area contributed by atoms with Crippen LogP contribution in [0.15, 0.2) is 24.5 Å². The van der Waals surface area contributed by atoms with Gasteiger partial charge in [0, 0.05) is 25.1 Å². The number of aryl methyl sites for hydroxylation is 1. The standard InChI is InChI=1S/C27H40N8O7/c28-25-23-24(19-3-4-21-20(17-19)33-27(29)42-21)34-35(26(23)32-18-31-25)7-2-1-6-30-22(37)5-9-38-11-13-40-15-16-41-14-12-39-10-8-36/h3-4,17-18,27,33,36H,1-2,5-16,29H2,(H,30,37)(H2,28,31,32). The van der Waals surface area contributed by atoms with Gasteiger partial charge in [0.1, 0.15) is 23.6 Å². The summed E-state index contributed by atoms with van der Waals surface area (Å²) >= 11 is 0. The molecule has 0 fully saturated rings. The maximum absolute atomic E-state index is 12.1. The Morgan fingerprint density at radius 2 is 1.74 bits per heavy atom. The fraction of sp³-hybridized carbons (Fsp3) is 0.556. The van der Waals surface area contributed by atoms with E-state index in [-0.39, 0.29) is 18.9 Å². The van der Waals surface area contributed by atoms with Crippen molar-refractivity contribution in [1.29, 1.82) is 0 Å². The van der Waals surface area contributed by atoms with Gasteiger partial charge in [-0.05, 0) is 31.0 Å². The Bertz CT molecular complexity index is 1270. The highest BCUT2D eigenvalue weighted by Crippen LogP contribution is 2.37. The van der Waals surface area contributed by atoms with Crippen molar-refractivity contribution >= 4 is 28.4 Å². The number of benzene rings is 1. The quantitative estimate of drug-likeness (QED) is 0.114. The van der Waals surface area contributed by atoms with E-state index in [1.807, 2.05) is 22.9 Å². The fourth-order valence-electron chi connectivity index (χ4n) is 4.29. The number of rotatable bonds is 20. The summed E-state index contributed by atoms with van der Waals surface area (Å²) in [5.41, 5.74) is 15.0. The molecular formula is C27H40N8O7. The number of anilines is 2. The van der Waals surface area contributed by atoms with Crippen LogP contribution in [0.5, 0.6) is 5.75 Å². The van der Waals surface area contributed by atoms with Crippen LogP contribution in [0.4, 0.5) is 11.5 Å². The lowest BCUT2D eigenvalue weighted by Gasteiger charge is -2.08. The SMILES string of the molecule is Nc1ncnc2c1c(-c1ccc3c(c1)NC(N)O3)nn2CCCCNC(=O)CCOCCOCCOCCOCCO. The molecule has 0 saturated carbocycles. The molecule has 15 nitrogen and oxygen atoms in total. The molecule has 7 N–H and O–H groups in total. The lowest BCUT2D eigenvalue weighted by atomic mass is 10.1. The van der Waals surface area contributed by atoms with E-state index in [4.69, 9.17) is 45.4 Å². The zero-order valence-corrected chi connectivity index (χ0v) is 23.6. The minimum absolute atomic E-state index is 0.00712. The largest absolute Gasteiger partial charge is 0.456 e. The molecule has 0 bridgehead atoms. The molecule has 42 heavy (non-hydrogen) atoms. The smallest absolute Gasteiger partial charge is 0.225 e. The first-order valence-corrected chi connectivity index (χ1v) is 14.1. The Kier molecular flexibility index (Phi) is 12.5. The lowest BCUT2D eigenvalue weighted by Crippen LogP contribution is -2.30. The molecule has 1 unspecified atom stereocenters. The summed E-state index contributed by atoms with van der Waals surface area (Å²) in [6.45, 7) is 4.45. The molecule has 3 aromatic rings. The summed E-state index contributed by atoms with van der Waals surface area (Å²) in [7, 11) is 0. The molecule has 0 radical (unpaired) electrons. The highest BCUT2D eigenvalue weighted by molar-refractivity contribution is 5.98. The van der Waals surface area contributed by atoms with E-state index in [9.17, 15) is 4.79 Å². The van der Waals surface area contributed by atoms with Gasteiger partial charge in [-0.3, -0.25) is 10.5 Å². The van der Waals surface area contributed by atoms with Crippen molar-refractivity contribution in [2.24, 2.45) is 5.73 Å². The van der Waals surface area contributed by atoms with Gasteiger partial charge < -0.3 is 45.2 Å². The second kappa shape index (κ2) is 16.7. The number of aliphatic hydroxyl groups excluding tert-OH is 1. The zero-order chi connectivity index (χ0) is 29.6. The van der Waals surface area contributed by atoms with Crippen LogP contribution in [0, 0.1) is 0 Å². The third-order valence-corrected chi connectivity index (χ3v) is 6.31. The number of hydrogen-bond acceptors (Lipinski definition) is 13. The number of nitrogens with one attached hydrogen (secondary N) is 2. The maximum atomic E-state index is 12.1. The molecule has 1 aliphatic heterocycles.